The van der Waals surface area contributed by atoms with Gasteiger partial charge in [0.2, 0.25) is 5.65 Å². The number of anilines is 1. The number of aliphatic hydroxyl groups is 1. The first-order chi connectivity index (χ1) is 16.2. The van der Waals surface area contributed by atoms with Crippen molar-refractivity contribution in [1.29, 1.82) is 0 Å². The maximum absolute atomic E-state index is 13.0. The number of β-amino-alcohol motifs (C(OH)–C–C–N with tert-alkyl or cyclic N) is 1. The van der Waals surface area contributed by atoms with Crippen molar-refractivity contribution in [2.75, 3.05) is 18.0 Å². The van der Waals surface area contributed by atoms with Gasteiger partial charge in [0.15, 0.2) is 0 Å². The van der Waals surface area contributed by atoms with Crippen LogP contribution in [0.25, 0.3) is 16.8 Å². The highest BCUT2D eigenvalue weighted by molar-refractivity contribution is 6.30. The minimum absolute atomic E-state index is 0.0777. The lowest BCUT2D eigenvalue weighted by Crippen LogP contribution is -2.25. The Morgan fingerprint density at radius 3 is 2.50 bits per heavy atom. The first kappa shape index (κ1) is 22.4. The summed E-state index contributed by atoms with van der Waals surface area (Å²) in [5.74, 6) is 0. The second-order valence-corrected chi connectivity index (χ2v) is 8.46. The van der Waals surface area contributed by atoms with Crippen LogP contribution in [0.5, 0.6) is 0 Å². The molecule has 1 aliphatic heterocycles. The molecular formula is C22H18ClF3N6O2. The summed E-state index contributed by atoms with van der Waals surface area (Å²) in [7, 11) is 0. The van der Waals surface area contributed by atoms with Crippen LogP contribution in [0.15, 0.2) is 53.6 Å². The molecule has 0 amide bonds. The van der Waals surface area contributed by atoms with Crippen molar-refractivity contribution in [3.05, 3.63) is 75.6 Å². The molecule has 0 bridgehead atoms. The quantitative estimate of drug-likeness (QED) is 0.472. The number of rotatable bonds is 4. The number of nitrogens with zero attached hydrogens (tertiary/aromatic N) is 6. The fraction of sp³-hybridized carbons (Fsp3) is 0.273. The van der Waals surface area contributed by atoms with Crippen LogP contribution in [0, 0.1) is 0 Å². The summed E-state index contributed by atoms with van der Waals surface area (Å²) in [5, 5.41) is 19.4. The number of alkyl halides is 3. The molecule has 1 unspecified atom stereocenters. The SMILES string of the molecule is O=c1n(Cc2ccc(C(F)(F)F)nc2)nc2c(N3CCC(O)C3)c(-c3ccc(Cl)cc3)cnn12. The lowest BCUT2D eigenvalue weighted by Gasteiger charge is -2.21. The summed E-state index contributed by atoms with van der Waals surface area (Å²) in [5.41, 5.74) is 1.27. The van der Waals surface area contributed by atoms with Crippen molar-refractivity contribution in [1.82, 2.24) is 24.4 Å². The second-order valence-electron chi connectivity index (χ2n) is 8.03. The largest absolute Gasteiger partial charge is 0.433 e. The highest BCUT2D eigenvalue weighted by Gasteiger charge is 2.32. The molecule has 1 fully saturated rings. The molecule has 4 aromatic rings. The zero-order chi connectivity index (χ0) is 24.0. The smallest absolute Gasteiger partial charge is 0.391 e. The fourth-order valence-corrected chi connectivity index (χ4v) is 4.13. The molecular weight excluding hydrogens is 473 g/mol. The van der Waals surface area contributed by atoms with Crippen molar-refractivity contribution >= 4 is 22.9 Å². The lowest BCUT2D eigenvalue weighted by molar-refractivity contribution is -0.141. The molecule has 176 valence electrons. The van der Waals surface area contributed by atoms with Crippen molar-refractivity contribution < 1.29 is 18.3 Å². The minimum atomic E-state index is -4.55. The maximum Gasteiger partial charge on any atom is 0.433 e. The van der Waals surface area contributed by atoms with E-state index in [1.165, 1.54) is 6.07 Å². The molecule has 3 aromatic heterocycles. The molecule has 12 heteroatoms. The van der Waals surface area contributed by atoms with Crippen LogP contribution >= 0.6 is 11.6 Å². The van der Waals surface area contributed by atoms with Gasteiger partial charge in [0.25, 0.3) is 0 Å². The Bertz CT molecular complexity index is 1400. The van der Waals surface area contributed by atoms with Gasteiger partial charge in [-0.15, -0.1) is 5.10 Å². The van der Waals surface area contributed by atoms with Crippen LogP contribution < -0.4 is 10.6 Å². The second kappa shape index (κ2) is 8.41. The highest BCUT2D eigenvalue weighted by atomic mass is 35.5. The van der Waals surface area contributed by atoms with Crippen LogP contribution in [0.4, 0.5) is 18.9 Å². The Balaban J connectivity index is 1.60. The van der Waals surface area contributed by atoms with Crippen molar-refractivity contribution in [2.24, 2.45) is 0 Å². The standard InChI is InChI=1S/C22H18ClF3N6O2/c23-15-4-2-14(3-5-15)17-10-28-32-20(19(17)30-8-7-16(33)12-30)29-31(21(32)34)11-13-1-6-18(27-9-13)22(24,25)26/h1-6,9-10,16,33H,7-8,11-12H2. The van der Waals surface area contributed by atoms with Crippen molar-refractivity contribution in [2.45, 2.75) is 25.2 Å². The number of hydrogen-bond acceptors (Lipinski definition) is 6. The first-order valence-corrected chi connectivity index (χ1v) is 10.8. The summed E-state index contributed by atoms with van der Waals surface area (Å²) in [4.78, 5) is 18.4. The van der Waals surface area contributed by atoms with E-state index in [1.54, 1.807) is 18.3 Å². The van der Waals surface area contributed by atoms with Crippen molar-refractivity contribution in [3.8, 4) is 11.1 Å². The average molecular weight is 491 g/mol. The van der Waals surface area contributed by atoms with Gasteiger partial charge in [-0.05, 0) is 35.7 Å². The number of aromatic nitrogens is 5. The maximum atomic E-state index is 13.0. The predicted octanol–water partition coefficient (Wildman–Crippen LogP) is 3.24. The number of fused-ring (bicyclic) bond motifs is 1. The summed E-state index contributed by atoms with van der Waals surface area (Å²) in [6.07, 6.45) is -1.86. The van der Waals surface area contributed by atoms with E-state index < -0.39 is 23.7 Å². The Morgan fingerprint density at radius 2 is 1.88 bits per heavy atom. The fourth-order valence-electron chi connectivity index (χ4n) is 4.01. The average Bonchev–Trinajstić information content (AvgIpc) is 3.37. The Hall–Kier alpha value is -3.44. The summed E-state index contributed by atoms with van der Waals surface area (Å²) >= 11 is 6.03. The number of aliphatic hydroxyl groups excluding tert-OH is 1. The third kappa shape index (κ3) is 4.12. The molecule has 4 heterocycles. The molecule has 0 spiro atoms. The molecule has 5 rings (SSSR count). The van der Waals surface area contributed by atoms with Gasteiger partial charge < -0.3 is 10.0 Å². The van der Waals surface area contributed by atoms with Crippen LogP contribution in [0.3, 0.4) is 0 Å². The molecule has 0 saturated carbocycles. The number of pyridine rings is 1. The normalized spacial score (nSPS) is 16.5. The zero-order valence-corrected chi connectivity index (χ0v) is 18.3. The Morgan fingerprint density at radius 1 is 1.12 bits per heavy atom. The van der Waals surface area contributed by atoms with Gasteiger partial charge in [-0.1, -0.05) is 29.8 Å². The molecule has 34 heavy (non-hydrogen) atoms. The third-order valence-electron chi connectivity index (χ3n) is 5.67. The van der Waals surface area contributed by atoms with Gasteiger partial charge in [0.05, 0.1) is 24.5 Å². The van der Waals surface area contributed by atoms with E-state index in [0.29, 0.717) is 41.3 Å². The Labute approximate surface area is 195 Å². The van der Waals surface area contributed by atoms with Crippen LogP contribution in [0.1, 0.15) is 17.7 Å². The van der Waals surface area contributed by atoms with E-state index in [1.807, 2.05) is 17.0 Å². The van der Waals surface area contributed by atoms with Crippen LogP contribution in [-0.2, 0) is 12.7 Å². The summed E-state index contributed by atoms with van der Waals surface area (Å²) in [6, 6.07) is 9.27. The number of halogens is 4. The minimum Gasteiger partial charge on any atom is -0.391 e. The first-order valence-electron chi connectivity index (χ1n) is 10.4. The van der Waals surface area contributed by atoms with Gasteiger partial charge in [0, 0.05) is 29.9 Å². The molecule has 1 aliphatic rings. The predicted molar refractivity (Wildman–Crippen MR) is 119 cm³/mol. The highest BCUT2D eigenvalue weighted by Crippen LogP contribution is 2.35. The van der Waals surface area contributed by atoms with E-state index in [-0.39, 0.29) is 12.2 Å². The molecule has 0 aliphatic carbocycles. The third-order valence-corrected chi connectivity index (χ3v) is 5.92. The molecule has 0 radical (unpaired) electrons. The number of hydrogen-bond donors (Lipinski definition) is 1. The summed E-state index contributed by atoms with van der Waals surface area (Å²) < 4.78 is 40.7. The van der Waals surface area contributed by atoms with Gasteiger partial charge in [-0.2, -0.15) is 22.8 Å². The lowest BCUT2D eigenvalue weighted by atomic mass is 10.1. The van der Waals surface area contributed by atoms with E-state index in [0.717, 1.165) is 27.0 Å². The monoisotopic (exact) mass is 490 g/mol. The van der Waals surface area contributed by atoms with E-state index >= 15 is 0 Å². The Kier molecular flexibility index (Phi) is 5.53. The topological polar surface area (TPSA) is 88.5 Å². The molecule has 8 nitrogen and oxygen atoms in total. The van der Waals surface area contributed by atoms with Gasteiger partial charge >= 0.3 is 11.9 Å². The van der Waals surface area contributed by atoms with Crippen LogP contribution in [-0.4, -0.2) is 48.7 Å². The van der Waals surface area contributed by atoms with Crippen LogP contribution in [0.2, 0.25) is 5.02 Å². The zero-order valence-electron chi connectivity index (χ0n) is 17.6. The van der Waals surface area contributed by atoms with Gasteiger partial charge in [0.1, 0.15) is 5.69 Å². The molecule has 1 saturated heterocycles. The summed E-state index contributed by atoms with van der Waals surface area (Å²) in [6.45, 7) is 0.848. The van der Waals surface area contributed by atoms with Gasteiger partial charge in [-0.3, -0.25) is 4.98 Å². The van der Waals surface area contributed by atoms with Gasteiger partial charge in [-0.25, -0.2) is 9.48 Å². The van der Waals surface area contributed by atoms with E-state index in [2.05, 4.69) is 15.2 Å². The molecule has 1 N–H and O–H groups in total. The molecule has 1 atom stereocenters. The van der Waals surface area contributed by atoms with Crippen molar-refractivity contribution in [3.63, 3.8) is 0 Å². The van der Waals surface area contributed by atoms with E-state index in [4.69, 9.17) is 11.6 Å². The molecule has 1 aromatic carbocycles. The number of benzene rings is 1. The van der Waals surface area contributed by atoms with E-state index in [9.17, 15) is 23.1 Å².